The Hall–Kier alpha value is -10.5. The van der Waals surface area contributed by atoms with Crippen LogP contribution in [-0.4, -0.2) is 149 Å². The molecule has 0 fully saturated rings. The lowest BCUT2D eigenvalue weighted by Gasteiger charge is -2.18. The van der Waals surface area contributed by atoms with Crippen LogP contribution in [0.3, 0.4) is 0 Å². The maximum absolute atomic E-state index is 12.7. The van der Waals surface area contributed by atoms with Crippen LogP contribution in [0.25, 0.3) is 66.9 Å². The summed E-state index contributed by atoms with van der Waals surface area (Å²) in [4.78, 5) is 40.4. The van der Waals surface area contributed by atoms with E-state index in [0.717, 1.165) is 50.5 Å². The molecule has 0 aliphatic heterocycles. The summed E-state index contributed by atoms with van der Waals surface area (Å²) in [6, 6.07) is 43.5. The number of nitrogens with zero attached hydrogens (tertiary/aromatic N) is 10. The monoisotopic (exact) mass is 1360 g/mol. The van der Waals surface area contributed by atoms with Crippen molar-refractivity contribution in [3.8, 4) is 51.2 Å². The summed E-state index contributed by atoms with van der Waals surface area (Å²) in [6.07, 6.45) is 5.70. The fraction of sp³-hybridized carbons (Fsp3) is 0.320. The van der Waals surface area contributed by atoms with E-state index in [4.69, 9.17) is 55.9 Å². The molecule has 25 heteroatoms. The quantitative estimate of drug-likeness (QED) is 0.0324. The molecule has 0 unspecified atom stereocenters. The van der Waals surface area contributed by atoms with E-state index in [9.17, 15) is 14.4 Å². The molecule has 0 saturated carbocycles. The molecular weight excluding hydrogens is 1280 g/mol. The van der Waals surface area contributed by atoms with Crippen molar-refractivity contribution in [3.63, 3.8) is 0 Å². The van der Waals surface area contributed by atoms with Crippen molar-refractivity contribution in [1.29, 1.82) is 0 Å². The summed E-state index contributed by atoms with van der Waals surface area (Å²) in [5, 5.41) is 28.3. The first-order valence-electron chi connectivity index (χ1n) is 33.2. The zero-order chi connectivity index (χ0) is 68.8. The van der Waals surface area contributed by atoms with Crippen LogP contribution in [0.2, 0.25) is 0 Å². The average Bonchev–Trinajstić information content (AvgIpc) is 0.938. The minimum absolute atomic E-state index is 0.0825. The van der Waals surface area contributed by atoms with Gasteiger partial charge in [0.25, 0.3) is 0 Å². The predicted molar refractivity (Wildman–Crippen MR) is 372 cm³/mol. The van der Waals surface area contributed by atoms with Crippen LogP contribution in [0.1, 0.15) is 33.8 Å². The molecule has 0 spiro atoms. The predicted octanol–water partition coefficient (Wildman–Crippen LogP) is 10.2. The molecule has 0 atom stereocenters. The Labute approximate surface area is 575 Å². The summed E-state index contributed by atoms with van der Waals surface area (Å²) in [7, 11) is 0. The van der Waals surface area contributed by atoms with Gasteiger partial charge in [0.15, 0.2) is 16.3 Å². The first-order valence-corrected chi connectivity index (χ1v) is 33.2. The van der Waals surface area contributed by atoms with Crippen molar-refractivity contribution in [1.82, 2.24) is 49.9 Å². The molecule has 12 rings (SSSR count). The van der Waals surface area contributed by atoms with Crippen molar-refractivity contribution in [2.24, 2.45) is 0 Å². The molecule has 6 heterocycles. The van der Waals surface area contributed by atoms with Crippen LogP contribution in [0.4, 0.5) is 0 Å². The van der Waals surface area contributed by atoms with E-state index in [1.165, 1.54) is 18.2 Å². The number of aromatic nitrogens is 9. The standard InChI is InChI=1S/C75H78N10O15/c1-52-4-19-70-64(40-52)67(86)43-73(98-70)55-7-13-61(14-8-55)95-37-34-92-31-28-89-25-22-83-49-58(76-79-83)46-82(47-59-50-84(80-77-59)23-26-90-29-32-93-35-38-96-62-15-9-56(10-16-62)74-44-68(87)65-41-53(2)5-20-71(65)99-74)48-60-51-85(81-78-60)24-27-91-30-33-94-36-39-97-63-17-11-57(12-18-63)75-45-69(88)66-42-54(3)6-21-72(66)100-75/h4-21,40-45,49-51H,22-39,46-48H2,1-3H3. The summed E-state index contributed by atoms with van der Waals surface area (Å²) in [5.74, 6) is 3.51. The molecule has 0 amide bonds. The van der Waals surface area contributed by atoms with E-state index in [0.29, 0.717) is 206 Å². The lowest BCUT2D eigenvalue weighted by Crippen LogP contribution is -2.23. The van der Waals surface area contributed by atoms with Crippen molar-refractivity contribution < 1.29 is 55.9 Å². The van der Waals surface area contributed by atoms with E-state index in [2.05, 4.69) is 35.8 Å². The van der Waals surface area contributed by atoms with Gasteiger partial charge in [0.05, 0.1) is 132 Å². The highest BCUT2D eigenvalue weighted by Crippen LogP contribution is 2.29. The first-order chi connectivity index (χ1) is 49.0. The van der Waals surface area contributed by atoms with Crippen LogP contribution >= 0.6 is 0 Å². The third kappa shape index (κ3) is 19.9. The molecular formula is C75H78N10O15. The fourth-order valence-electron chi connectivity index (χ4n) is 10.9. The normalized spacial score (nSPS) is 11.6. The van der Waals surface area contributed by atoms with E-state index in [1.54, 1.807) is 14.0 Å². The maximum atomic E-state index is 12.7. The Morgan fingerprint density at radius 3 is 0.890 bits per heavy atom. The van der Waals surface area contributed by atoms with Crippen LogP contribution in [0.5, 0.6) is 17.2 Å². The molecule has 25 nitrogen and oxygen atoms in total. The summed E-state index contributed by atoms with van der Waals surface area (Å²) < 4.78 is 75.8. The van der Waals surface area contributed by atoms with Gasteiger partial charge in [-0.15, -0.1) is 15.3 Å². The highest BCUT2D eigenvalue weighted by molar-refractivity contribution is 5.81. The van der Waals surface area contributed by atoms with Gasteiger partial charge in [0.2, 0.25) is 0 Å². The average molecular weight is 1360 g/mol. The summed E-state index contributed by atoms with van der Waals surface area (Å²) in [5.41, 5.74) is 8.97. The van der Waals surface area contributed by atoms with E-state index < -0.39 is 0 Å². The second kappa shape index (κ2) is 34.8. The van der Waals surface area contributed by atoms with E-state index in [-0.39, 0.29) is 16.3 Å². The zero-order valence-corrected chi connectivity index (χ0v) is 56.0. The van der Waals surface area contributed by atoms with Gasteiger partial charge in [-0.05, 0) is 130 Å². The third-order valence-corrected chi connectivity index (χ3v) is 16.0. The Bertz CT molecular complexity index is 4320. The topological polar surface area (TPSA) is 269 Å². The molecule has 0 aliphatic carbocycles. The largest absolute Gasteiger partial charge is 0.491 e. The van der Waals surface area contributed by atoms with Crippen molar-refractivity contribution in [2.75, 3.05) is 99.1 Å². The van der Waals surface area contributed by atoms with E-state index in [1.807, 2.05) is 167 Å². The van der Waals surface area contributed by atoms with Gasteiger partial charge in [-0.2, -0.15) is 0 Å². The highest BCUT2D eigenvalue weighted by atomic mass is 16.6. The van der Waals surface area contributed by atoms with Gasteiger partial charge in [-0.1, -0.05) is 50.5 Å². The van der Waals surface area contributed by atoms with E-state index >= 15 is 0 Å². The molecule has 0 N–H and O–H groups in total. The van der Waals surface area contributed by atoms with Crippen LogP contribution in [0, 0.1) is 20.8 Å². The van der Waals surface area contributed by atoms with Gasteiger partial charge >= 0.3 is 0 Å². The number of rotatable bonds is 39. The lowest BCUT2D eigenvalue weighted by atomic mass is 10.1. The molecule has 0 radical (unpaired) electrons. The van der Waals surface area contributed by atoms with Gasteiger partial charge < -0.3 is 55.9 Å². The fourth-order valence-corrected chi connectivity index (χ4v) is 10.9. The molecule has 12 aromatic rings. The molecule has 0 bridgehead atoms. The molecule has 100 heavy (non-hydrogen) atoms. The van der Waals surface area contributed by atoms with Gasteiger partial charge in [0.1, 0.15) is 71.1 Å². The van der Waals surface area contributed by atoms with Crippen LogP contribution in [0.15, 0.2) is 192 Å². The number of benzene rings is 6. The minimum Gasteiger partial charge on any atom is -0.491 e. The molecule has 0 saturated heterocycles. The zero-order valence-electron chi connectivity index (χ0n) is 56.0. The Morgan fingerprint density at radius 1 is 0.330 bits per heavy atom. The van der Waals surface area contributed by atoms with Crippen LogP contribution in [-0.2, 0) is 67.7 Å². The second-order valence-electron chi connectivity index (χ2n) is 23.8. The third-order valence-electron chi connectivity index (χ3n) is 16.0. The molecule has 0 aliphatic rings. The maximum Gasteiger partial charge on any atom is 0.193 e. The van der Waals surface area contributed by atoms with Crippen molar-refractivity contribution in [3.05, 3.63) is 229 Å². The second-order valence-corrected chi connectivity index (χ2v) is 23.8. The smallest absolute Gasteiger partial charge is 0.193 e. The van der Waals surface area contributed by atoms with Gasteiger partial charge in [-0.25, -0.2) is 14.0 Å². The SMILES string of the molecule is Cc1ccc2oc(-c3ccc(OCCOCCOCCn4cc(CN(Cc5cn(CCOCCOCCOc6ccc(-c7cc(=O)c8cc(C)ccc8o7)cc6)nn5)Cc5cn(CCOCCOCCOc6ccc(-c7cc(=O)c8cc(C)ccc8o7)cc6)nn5)nn4)cc3)cc(=O)c2c1. The summed E-state index contributed by atoms with van der Waals surface area (Å²) >= 11 is 0. The van der Waals surface area contributed by atoms with Crippen LogP contribution < -0.4 is 30.5 Å². The van der Waals surface area contributed by atoms with Gasteiger partial charge in [-0.3, -0.25) is 19.3 Å². The Kier molecular flexibility index (Phi) is 24.2. The van der Waals surface area contributed by atoms with Gasteiger partial charge in [0, 0.05) is 73.1 Å². The number of aryl methyl sites for hydroxylation is 3. The first kappa shape index (κ1) is 69.4. The number of hydrogen-bond donors (Lipinski definition) is 0. The summed E-state index contributed by atoms with van der Waals surface area (Å²) in [6.45, 7) is 14.4. The number of ether oxygens (including phenoxy) is 9. The Balaban J connectivity index is 0.548. The Morgan fingerprint density at radius 2 is 0.600 bits per heavy atom. The molecule has 6 aromatic heterocycles. The lowest BCUT2D eigenvalue weighted by molar-refractivity contribution is 0.0333. The molecule has 6 aromatic carbocycles. The highest BCUT2D eigenvalue weighted by Gasteiger charge is 2.17. The number of hydrogen-bond acceptors (Lipinski definition) is 22. The minimum atomic E-state index is -0.0825. The van der Waals surface area contributed by atoms with Crippen molar-refractivity contribution >= 4 is 32.9 Å². The number of fused-ring (bicyclic) bond motifs is 3. The molecule has 518 valence electrons. The van der Waals surface area contributed by atoms with Crippen molar-refractivity contribution in [2.45, 2.75) is 60.0 Å².